The van der Waals surface area contributed by atoms with Crippen LogP contribution in [0, 0.1) is 0 Å². The maximum absolute atomic E-state index is 11.0. The zero-order valence-corrected chi connectivity index (χ0v) is 10.9. The van der Waals surface area contributed by atoms with Gasteiger partial charge in [-0.25, -0.2) is 0 Å². The molecule has 5 N–H and O–H groups in total. The van der Waals surface area contributed by atoms with Crippen molar-refractivity contribution in [2.75, 3.05) is 6.54 Å². The molecule has 1 amide bonds. The van der Waals surface area contributed by atoms with Crippen molar-refractivity contribution in [1.29, 1.82) is 0 Å². The van der Waals surface area contributed by atoms with Crippen LogP contribution >= 0.6 is 0 Å². The van der Waals surface area contributed by atoms with Gasteiger partial charge in [0.15, 0.2) is 0 Å². The Morgan fingerprint density at radius 3 is 2.80 bits per heavy atom. The highest BCUT2D eigenvalue weighted by Crippen LogP contribution is 2.17. The Bertz CT molecular complexity index is 621. The first-order valence-electron chi connectivity index (χ1n) is 6.37. The number of aromatic amines is 1. The lowest BCUT2D eigenvalue weighted by molar-refractivity contribution is -0.141. The van der Waals surface area contributed by atoms with E-state index in [0.717, 1.165) is 16.5 Å². The van der Waals surface area contributed by atoms with E-state index >= 15 is 0 Å². The Kier molecular flexibility index (Phi) is 4.37. The molecule has 0 aliphatic rings. The highest BCUT2D eigenvalue weighted by Gasteiger charge is 2.18. The molecule has 0 fully saturated rings. The normalized spacial score (nSPS) is 12.4. The number of benzene rings is 1. The van der Waals surface area contributed by atoms with E-state index in [2.05, 4.69) is 10.3 Å². The van der Waals surface area contributed by atoms with Gasteiger partial charge >= 0.3 is 5.97 Å². The first kappa shape index (κ1) is 14.1. The zero-order valence-electron chi connectivity index (χ0n) is 10.9. The summed E-state index contributed by atoms with van der Waals surface area (Å²) < 4.78 is 0. The number of H-pyrrole nitrogens is 1. The maximum atomic E-state index is 11.0. The molecule has 0 saturated heterocycles. The number of carbonyl (C=O) groups excluding carboxylic acids is 1. The van der Waals surface area contributed by atoms with Gasteiger partial charge < -0.3 is 21.1 Å². The van der Waals surface area contributed by atoms with E-state index in [1.807, 2.05) is 30.5 Å². The van der Waals surface area contributed by atoms with Gasteiger partial charge in [-0.05, 0) is 18.1 Å². The predicted octanol–water partition coefficient (Wildman–Crippen LogP) is 0.629. The minimum atomic E-state index is -1.07. The van der Waals surface area contributed by atoms with Crippen LogP contribution in [0.15, 0.2) is 30.5 Å². The standard InChI is InChI=1S/C14H17N3O3/c15-13(18)7-12(14(19)20)16-6-5-9-8-17-11-4-2-1-3-10(9)11/h1-4,8,12,16-17H,5-7H2,(H2,15,18)(H,19,20). The summed E-state index contributed by atoms with van der Waals surface area (Å²) >= 11 is 0. The van der Waals surface area contributed by atoms with Crippen LogP contribution in [-0.4, -0.2) is 34.6 Å². The molecule has 0 saturated carbocycles. The van der Waals surface area contributed by atoms with Crippen LogP contribution in [-0.2, 0) is 16.0 Å². The number of hydrogen-bond acceptors (Lipinski definition) is 3. The summed E-state index contributed by atoms with van der Waals surface area (Å²) in [6, 6.07) is 6.98. The van der Waals surface area contributed by atoms with Crippen molar-refractivity contribution >= 4 is 22.8 Å². The smallest absolute Gasteiger partial charge is 0.321 e. The molecule has 1 heterocycles. The number of nitrogens with two attached hydrogens (primary N) is 1. The average molecular weight is 275 g/mol. The second kappa shape index (κ2) is 6.21. The van der Waals surface area contributed by atoms with Crippen molar-refractivity contribution in [2.45, 2.75) is 18.9 Å². The van der Waals surface area contributed by atoms with E-state index in [0.29, 0.717) is 13.0 Å². The topological polar surface area (TPSA) is 108 Å². The van der Waals surface area contributed by atoms with Crippen LogP contribution < -0.4 is 11.1 Å². The molecule has 0 radical (unpaired) electrons. The van der Waals surface area contributed by atoms with Gasteiger partial charge in [-0.2, -0.15) is 0 Å². The Morgan fingerprint density at radius 2 is 2.10 bits per heavy atom. The fourth-order valence-corrected chi connectivity index (χ4v) is 2.17. The second-order valence-electron chi connectivity index (χ2n) is 4.62. The van der Waals surface area contributed by atoms with E-state index in [1.54, 1.807) is 0 Å². The van der Waals surface area contributed by atoms with Crippen LogP contribution in [0.1, 0.15) is 12.0 Å². The Morgan fingerprint density at radius 1 is 1.35 bits per heavy atom. The number of primary amides is 1. The quantitative estimate of drug-likeness (QED) is 0.594. The number of aromatic nitrogens is 1. The fraction of sp³-hybridized carbons (Fsp3) is 0.286. The van der Waals surface area contributed by atoms with Gasteiger partial charge in [0.05, 0.1) is 6.42 Å². The molecule has 0 spiro atoms. The summed E-state index contributed by atoms with van der Waals surface area (Å²) in [6.07, 6.45) is 2.38. The highest BCUT2D eigenvalue weighted by molar-refractivity contribution is 5.84. The Labute approximate surface area is 116 Å². The van der Waals surface area contributed by atoms with Gasteiger partial charge in [0.25, 0.3) is 0 Å². The minimum absolute atomic E-state index is 0.205. The lowest BCUT2D eigenvalue weighted by Crippen LogP contribution is -2.40. The number of aliphatic carboxylic acids is 1. The third-order valence-corrected chi connectivity index (χ3v) is 3.16. The lowest BCUT2D eigenvalue weighted by Gasteiger charge is -2.12. The third kappa shape index (κ3) is 3.36. The molecule has 1 aromatic carbocycles. The van der Waals surface area contributed by atoms with Crippen molar-refractivity contribution < 1.29 is 14.7 Å². The van der Waals surface area contributed by atoms with E-state index in [4.69, 9.17) is 10.8 Å². The van der Waals surface area contributed by atoms with Gasteiger partial charge in [0.2, 0.25) is 5.91 Å². The second-order valence-corrected chi connectivity index (χ2v) is 4.62. The average Bonchev–Trinajstić information content (AvgIpc) is 2.80. The molecule has 2 aromatic rings. The maximum Gasteiger partial charge on any atom is 0.321 e. The van der Waals surface area contributed by atoms with Crippen molar-refractivity contribution in [3.8, 4) is 0 Å². The van der Waals surface area contributed by atoms with E-state index in [9.17, 15) is 9.59 Å². The summed E-state index contributed by atoms with van der Waals surface area (Å²) in [7, 11) is 0. The number of fused-ring (bicyclic) bond motifs is 1. The van der Waals surface area contributed by atoms with Crippen LogP contribution in [0.2, 0.25) is 0 Å². The lowest BCUT2D eigenvalue weighted by atomic mass is 10.1. The summed E-state index contributed by atoms with van der Waals surface area (Å²) in [5.41, 5.74) is 7.18. The zero-order chi connectivity index (χ0) is 14.5. The van der Waals surface area contributed by atoms with Crippen molar-refractivity contribution in [3.05, 3.63) is 36.0 Å². The summed E-state index contributed by atoms with van der Waals surface area (Å²) in [6.45, 7) is 0.464. The summed E-state index contributed by atoms with van der Waals surface area (Å²) in [4.78, 5) is 24.9. The van der Waals surface area contributed by atoms with Crippen molar-refractivity contribution in [2.24, 2.45) is 5.73 Å². The molecule has 1 aromatic heterocycles. The summed E-state index contributed by atoms with van der Waals surface area (Å²) in [5, 5.41) is 12.9. The van der Waals surface area contributed by atoms with Gasteiger partial charge in [-0.3, -0.25) is 9.59 Å². The van der Waals surface area contributed by atoms with Gasteiger partial charge in [0, 0.05) is 23.6 Å². The van der Waals surface area contributed by atoms with Gasteiger partial charge in [-0.1, -0.05) is 18.2 Å². The van der Waals surface area contributed by atoms with Crippen LogP contribution in [0.4, 0.5) is 0 Å². The summed E-state index contributed by atoms with van der Waals surface area (Å²) in [5.74, 6) is -1.69. The van der Waals surface area contributed by atoms with Gasteiger partial charge in [-0.15, -0.1) is 0 Å². The van der Waals surface area contributed by atoms with Crippen LogP contribution in [0.25, 0.3) is 10.9 Å². The fourth-order valence-electron chi connectivity index (χ4n) is 2.17. The Balaban J connectivity index is 1.94. The Hall–Kier alpha value is -2.34. The molecule has 0 aliphatic carbocycles. The molecule has 106 valence electrons. The number of carbonyl (C=O) groups is 2. The van der Waals surface area contributed by atoms with Crippen LogP contribution in [0.3, 0.4) is 0 Å². The number of amides is 1. The molecule has 20 heavy (non-hydrogen) atoms. The van der Waals surface area contributed by atoms with E-state index < -0.39 is 17.9 Å². The molecule has 0 bridgehead atoms. The molecular formula is C14H17N3O3. The van der Waals surface area contributed by atoms with Crippen molar-refractivity contribution in [3.63, 3.8) is 0 Å². The SMILES string of the molecule is NC(=O)CC(NCCc1c[nH]c2ccccc12)C(=O)O. The number of hydrogen-bond donors (Lipinski definition) is 4. The largest absolute Gasteiger partial charge is 0.480 e. The molecule has 2 rings (SSSR count). The molecule has 1 unspecified atom stereocenters. The molecule has 6 nitrogen and oxygen atoms in total. The van der Waals surface area contributed by atoms with Crippen LogP contribution in [0.5, 0.6) is 0 Å². The molecule has 1 atom stereocenters. The first-order chi connectivity index (χ1) is 9.58. The number of para-hydroxylation sites is 1. The number of carboxylic acids is 1. The molecule has 6 heteroatoms. The van der Waals surface area contributed by atoms with Crippen molar-refractivity contribution in [1.82, 2.24) is 10.3 Å². The third-order valence-electron chi connectivity index (χ3n) is 3.16. The number of rotatable bonds is 7. The minimum Gasteiger partial charge on any atom is -0.480 e. The molecule has 0 aliphatic heterocycles. The predicted molar refractivity (Wildman–Crippen MR) is 75.2 cm³/mol. The number of carboxylic acid groups (broad SMARTS) is 1. The first-order valence-corrected chi connectivity index (χ1v) is 6.37. The van der Waals surface area contributed by atoms with Gasteiger partial charge in [0.1, 0.15) is 6.04 Å². The monoisotopic (exact) mass is 275 g/mol. The number of nitrogens with one attached hydrogen (secondary N) is 2. The van der Waals surface area contributed by atoms with E-state index in [1.165, 1.54) is 0 Å². The molecular weight excluding hydrogens is 258 g/mol. The highest BCUT2D eigenvalue weighted by atomic mass is 16.4. The van der Waals surface area contributed by atoms with E-state index in [-0.39, 0.29) is 6.42 Å².